The number of thiazole rings is 1. The van der Waals surface area contributed by atoms with Crippen molar-refractivity contribution in [1.82, 2.24) is 4.98 Å². The van der Waals surface area contributed by atoms with Gasteiger partial charge in [-0.05, 0) is 38.0 Å². The molecule has 0 spiro atoms. The quantitative estimate of drug-likeness (QED) is 0.859. The fourth-order valence-electron chi connectivity index (χ4n) is 2.67. The first-order valence-corrected chi connectivity index (χ1v) is 7.31. The van der Waals surface area contributed by atoms with E-state index in [1.165, 1.54) is 38.2 Å². The van der Waals surface area contributed by atoms with E-state index in [1.807, 2.05) is 0 Å². The molecule has 1 N–H and O–H groups in total. The fraction of sp³-hybridized carbons (Fsp3) is 0.500. The Kier molecular flexibility index (Phi) is 2.98. The lowest BCUT2D eigenvalue weighted by molar-refractivity contribution is 0.349. The number of nitrogens with one attached hydrogen (secondary N) is 1. The van der Waals surface area contributed by atoms with Crippen LogP contribution in [0.25, 0.3) is 10.2 Å². The molecule has 18 heavy (non-hydrogen) atoms. The summed E-state index contributed by atoms with van der Waals surface area (Å²) in [7, 11) is 0. The molecule has 1 aliphatic carbocycles. The largest absolute Gasteiger partial charge is 0.356 e. The Morgan fingerprint density at radius 3 is 2.83 bits per heavy atom. The average Bonchev–Trinajstić information content (AvgIpc) is 2.70. The highest BCUT2D eigenvalue weighted by atomic mass is 32.1. The molecule has 1 saturated carbocycles. The van der Waals surface area contributed by atoms with Gasteiger partial charge in [-0.15, -0.1) is 0 Å². The van der Waals surface area contributed by atoms with Crippen molar-refractivity contribution in [2.45, 2.75) is 44.6 Å². The summed E-state index contributed by atoms with van der Waals surface area (Å²) in [6.45, 7) is 2.26. The van der Waals surface area contributed by atoms with Crippen LogP contribution in [0.15, 0.2) is 18.2 Å². The van der Waals surface area contributed by atoms with Crippen LogP contribution in [0.4, 0.5) is 9.52 Å². The Bertz CT molecular complexity index is 558. The van der Waals surface area contributed by atoms with Crippen molar-refractivity contribution in [2.24, 2.45) is 0 Å². The van der Waals surface area contributed by atoms with Gasteiger partial charge in [0.1, 0.15) is 5.82 Å². The van der Waals surface area contributed by atoms with Crippen molar-refractivity contribution in [3.8, 4) is 0 Å². The zero-order valence-corrected chi connectivity index (χ0v) is 11.3. The number of nitrogens with zero attached hydrogens (tertiary/aromatic N) is 1. The number of benzene rings is 1. The maximum Gasteiger partial charge on any atom is 0.184 e. The normalized spacial score (nSPS) is 19.0. The van der Waals surface area contributed by atoms with Crippen LogP contribution in [0, 0.1) is 5.82 Å². The fourth-order valence-corrected chi connectivity index (χ4v) is 3.71. The Labute approximate surface area is 110 Å². The van der Waals surface area contributed by atoms with Crippen molar-refractivity contribution in [3.05, 3.63) is 24.0 Å². The first-order valence-electron chi connectivity index (χ1n) is 6.49. The summed E-state index contributed by atoms with van der Waals surface area (Å²) in [5.74, 6) is -0.193. The monoisotopic (exact) mass is 264 g/mol. The third-order valence-corrected chi connectivity index (χ3v) is 4.65. The predicted molar refractivity (Wildman–Crippen MR) is 74.7 cm³/mol. The summed E-state index contributed by atoms with van der Waals surface area (Å²) in [5.41, 5.74) is 1.04. The Morgan fingerprint density at radius 1 is 1.28 bits per heavy atom. The molecule has 96 valence electrons. The van der Waals surface area contributed by atoms with Crippen molar-refractivity contribution in [1.29, 1.82) is 0 Å². The van der Waals surface area contributed by atoms with Crippen LogP contribution < -0.4 is 5.32 Å². The van der Waals surface area contributed by atoms with Crippen LogP contribution in [-0.4, -0.2) is 10.5 Å². The first-order chi connectivity index (χ1) is 8.65. The van der Waals surface area contributed by atoms with E-state index < -0.39 is 0 Å². The molecule has 1 aliphatic rings. The highest BCUT2D eigenvalue weighted by Crippen LogP contribution is 2.34. The number of hydrogen-bond donors (Lipinski definition) is 1. The Hall–Kier alpha value is -1.16. The van der Waals surface area contributed by atoms with E-state index in [0.717, 1.165) is 15.3 Å². The lowest BCUT2D eigenvalue weighted by atomic mass is 9.83. The zero-order chi connectivity index (χ0) is 12.6. The maximum atomic E-state index is 13.1. The van der Waals surface area contributed by atoms with Crippen LogP contribution >= 0.6 is 11.3 Å². The van der Waals surface area contributed by atoms with E-state index in [-0.39, 0.29) is 11.4 Å². The minimum atomic E-state index is -0.193. The van der Waals surface area contributed by atoms with Gasteiger partial charge >= 0.3 is 0 Å². The molecule has 2 aromatic rings. The molecule has 0 unspecified atom stereocenters. The number of anilines is 1. The van der Waals surface area contributed by atoms with Gasteiger partial charge in [-0.25, -0.2) is 9.37 Å². The number of halogens is 1. The Morgan fingerprint density at radius 2 is 2.06 bits per heavy atom. The van der Waals surface area contributed by atoms with Gasteiger partial charge in [-0.1, -0.05) is 30.6 Å². The third kappa shape index (κ3) is 2.34. The first kappa shape index (κ1) is 11.9. The average molecular weight is 264 g/mol. The molecule has 0 radical (unpaired) electrons. The smallest absolute Gasteiger partial charge is 0.184 e. The van der Waals surface area contributed by atoms with E-state index in [0.29, 0.717) is 0 Å². The molecule has 0 bridgehead atoms. The molecular formula is C14H17FN2S. The van der Waals surface area contributed by atoms with Crippen LogP contribution in [0.5, 0.6) is 0 Å². The third-order valence-electron chi connectivity index (χ3n) is 3.72. The number of rotatable bonds is 2. The SMILES string of the molecule is CC1(Nc2nc3ccc(F)cc3s2)CCCCC1. The molecular weight excluding hydrogens is 247 g/mol. The van der Waals surface area contributed by atoms with Crippen LogP contribution in [0.2, 0.25) is 0 Å². The van der Waals surface area contributed by atoms with E-state index in [4.69, 9.17) is 0 Å². The lowest BCUT2D eigenvalue weighted by Gasteiger charge is -2.34. The van der Waals surface area contributed by atoms with E-state index >= 15 is 0 Å². The number of hydrogen-bond acceptors (Lipinski definition) is 3. The summed E-state index contributed by atoms with van der Waals surface area (Å²) in [6, 6.07) is 4.77. The predicted octanol–water partition coefficient (Wildman–Crippen LogP) is 4.57. The van der Waals surface area contributed by atoms with Crippen molar-refractivity contribution >= 4 is 26.7 Å². The van der Waals surface area contributed by atoms with Crippen molar-refractivity contribution < 1.29 is 4.39 Å². The molecule has 0 saturated heterocycles. The van der Waals surface area contributed by atoms with Gasteiger partial charge in [-0.3, -0.25) is 0 Å². The molecule has 2 nitrogen and oxygen atoms in total. The zero-order valence-electron chi connectivity index (χ0n) is 10.5. The minimum Gasteiger partial charge on any atom is -0.356 e. The van der Waals surface area contributed by atoms with Gasteiger partial charge in [0.25, 0.3) is 0 Å². The number of fused-ring (bicyclic) bond motifs is 1. The number of aromatic nitrogens is 1. The van der Waals surface area contributed by atoms with E-state index in [9.17, 15) is 4.39 Å². The molecule has 0 atom stereocenters. The van der Waals surface area contributed by atoms with Gasteiger partial charge < -0.3 is 5.32 Å². The van der Waals surface area contributed by atoms with Gasteiger partial charge in [0.05, 0.1) is 10.2 Å². The second-order valence-corrected chi connectivity index (χ2v) is 6.41. The van der Waals surface area contributed by atoms with Gasteiger partial charge in [0.2, 0.25) is 0 Å². The maximum absolute atomic E-state index is 13.1. The van der Waals surface area contributed by atoms with E-state index in [1.54, 1.807) is 23.5 Å². The Balaban J connectivity index is 1.86. The summed E-state index contributed by atoms with van der Waals surface area (Å²) in [4.78, 5) is 4.53. The highest BCUT2D eigenvalue weighted by molar-refractivity contribution is 7.22. The molecule has 0 amide bonds. The molecule has 0 aliphatic heterocycles. The molecule has 1 aromatic heterocycles. The summed E-state index contributed by atoms with van der Waals surface area (Å²) in [6.07, 6.45) is 6.28. The van der Waals surface area contributed by atoms with Crippen molar-refractivity contribution in [3.63, 3.8) is 0 Å². The van der Waals surface area contributed by atoms with Gasteiger partial charge in [0.15, 0.2) is 5.13 Å². The summed E-state index contributed by atoms with van der Waals surface area (Å²) in [5, 5.41) is 4.47. The van der Waals surface area contributed by atoms with Crippen LogP contribution in [-0.2, 0) is 0 Å². The van der Waals surface area contributed by atoms with Crippen LogP contribution in [0.3, 0.4) is 0 Å². The standard InChI is InChI=1S/C14H17FN2S/c1-14(7-3-2-4-8-14)17-13-16-11-6-5-10(15)9-12(11)18-13/h5-6,9H,2-4,7-8H2,1H3,(H,16,17). The second-order valence-electron chi connectivity index (χ2n) is 5.38. The lowest BCUT2D eigenvalue weighted by Crippen LogP contribution is -2.36. The van der Waals surface area contributed by atoms with Crippen molar-refractivity contribution in [2.75, 3.05) is 5.32 Å². The molecule has 1 fully saturated rings. The summed E-state index contributed by atoms with van der Waals surface area (Å²) < 4.78 is 14.1. The molecule has 3 rings (SSSR count). The van der Waals surface area contributed by atoms with Crippen LogP contribution in [0.1, 0.15) is 39.0 Å². The molecule has 1 aromatic carbocycles. The van der Waals surface area contributed by atoms with Gasteiger partial charge in [-0.2, -0.15) is 0 Å². The minimum absolute atomic E-state index is 0.157. The topological polar surface area (TPSA) is 24.9 Å². The molecule has 4 heteroatoms. The van der Waals surface area contributed by atoms with Gasteiger partial charge in [0, 0.05) is 5.54 Å². The second kappa shape index (κ2) is 4.50. The van der Waals surface area contributed by atoms with E-state index in [2.05, 4.69) is 17.2 Å². The summed E-state index contributed by atoms with van der Waals surface area (Å²) >= 11 is 1.54. The molecule has 1 heterocycles. The highest BCUT2D eigenvalue weighted by Gasteiger charge is 2.27.